The lowest BCUT2D eigenvalue weighted by atomic mass is 10.0. The first-order valence-electron chi connectivity index (χ1n) is 11.4. The van der Waals surface area contributed by atoms with Crippen molar-refractivity contribution in [2.24, 2.45) is 0 Å². The summed E-state index contributed by atoms with van der Waals surface area (Å²) in [6.45, 7) is 3.23. The predicted octanol–water partition coefficient (Wildman–Crippen LogP) is 5.06. The summed E-state index contributed by atoms with van der Waals surface area (Å²) in [5, 5.41) is 7.23. The van der Waals surface area contributed by atoms with Crippen molar-refractivity contribution in [1.29, 1.82) is 0 Å². The van der Waals surface area contributed by atoms with E-state index >= 15 is 0 Å². The summed E-state index contributed by atoms with van der Waals surface area (Å²) in [7, 11) is 1.37. The summed E-state index contributed by atoms with van der Waals surface area (Å²) in [6, 6.07) is 21.1. The number of furan rings is 1. The summed E-state index contributed by atoms with van der Waals surface area (Å²) in [4.78, 5) is 22.7. The molecule has 7 heteroatoms. The molecule has 0 fully saturated rings. The minimum atomic E-state index is -0.346. The van der Waals surface area contributed by atoms with Crippen LogP contribution < -0.4 is 15.4 Å². The maximum Gasteiger partial charge on any atom is 0.337 e. The van der Waals surface area contributed by atoms with E-state index in [1.54, 1.807) is 18.4 Å². The lowest BCUT2D eigenvalue weighted by molar-refractivity contribution is -0.118. The highest BCUT2D eigenvalue weighted by atomic mass is 16.5. The Kier molecular flexibility index (Phi) is 7.67. The number of fused-ring (bicyclic) bond motifs is 1. The molecule has 0 aliphatic heterocycles. The molecular weight excluding hydrogens is 444 g/mol. The molecule has 3 aromatic carbocycles. The van der Waals surface area contributed by atoms with E-state index in [9.17, 15) is 9.59 Å². The van der Waals surface area contributed by atoms with Gasteiger partial charge in [0.2, 0.25) is 5.91 Å². The van der Waals surface area contributed by atoms with Crippen LogP contribution in [0.2, 0.25) is 0 Å². The number of hydrogen-bond acceptors (Lipinski definition) is 6. The lowest BCUT2D eigenvalue weighted by Gasteiger charge is -2.10. The Morgan fingerprint density at radius 1 is 0.914 bits per heavy atom. The highest BCUT2D eigenvalue weighted by Crippen LogP contribution is 2.25. The first-order chi connectivity index (χ1) is 17.0. The van der Waals surface area contributed by atoms with Crippen LogP contribution in [-0.4, -0.2) is 38.7 Å². The van der Waals surface area contributed by atoms with Crippen LogP contribution in [-0.2, 0) is 16.0 Å². The molecular formula is C28H28N2O5. The topological polar surface area (TPSA) is 89.8 Å². The van der Waals surface area contributed by atoms with E-state index in [4.69, 9.17) is 13.9 Å². The van der Waals surface area contributed by atoms with E-state index in [0.29, 0.717) is 31.7 Å². The van der Waals surface area contributed by atoms with Crippen LogP contribution in [0.5, 0.6) is 5.75 Å². The number of anilines is 1. The largest absolute Gasteiger partial charge is 0.492 e. The molecule has 35 heavy (non-hydrogen) atoms. The lowest BCUT2D eigenvalue weighted by Crippen LogP contribution is -2.22. The van der Waals surface area contributed by atoms with Crippen molar-refractivity contribution >= 4 is 28.5 Å². The molecule has 0 bridgehead atoms. The van der Waals surface area contributed by atoms with Gasteiger partial charge in [-0.3, -0.25) is 4.79 Å². The summed E-state index contributed by atoms with van der Waals surface area (Å²) in [5.41, 5.74) is 5.44. The van der Waals surface area contributed by atoms with Crippen LogP contribution in [0.25, 0.3) is 22.1 Å². The van der Waals surface area contributed by atoms with Crippen LogP contribution in [0.4, 0.5) is 5.69 Å². The summed E-state index contributed by atoms with van der Waals surface area (Å²) >= 11 is 0. The van der Waals surface area contributed by atoms with Crippen LogP contribution in [0.15, 0.2) is 77.4 Å². The zero-order chi connectivity index (χ0) is 24.6. The van der Waals surface area contributed by atoms with E-state index in [2.05, 4.69) is 16.7 Å². The molecule has 4 aromatic rings. The second kappa shape index (κ2) is 11.2. The van der Waals surface area contributed by atoms with E-state index in [1.807, 2.05) is 48.5 Å². The number of amides is 1. The number of nitrogens with one attached hydrogen (secondary N) is 2. The number of rotatable bonds is 10. The van der Waals surface area contributed by atoms with Gasteiger partial charge in [-0.2, -0.15) is 0 Å². The molecule has 1 heterocycles. The number of esters is 1. The molecule has 1 amide bonds. The molecule has 0 radical (unpaired) electrons. The fourth-order valence-electron chi connectivity index (χ4n) is 3.78. The summed E-state index contributed by atoms with van der Waals surface area (Å²) in [6.07, 6.45) is 2.46. The molecule has 180 valence electrons. The molecule has 0 spiro atoms. The van der Waals surface area contributed by atoms with Gasteiger partial charge >= 0.3 is 5.97 Å². The Morgan fingerprint density at radius 3 is 2.31 bits per heavy atom. The van der Waals surface area contributed by atoms with Crippen LogP contribution >= 0.6 is 0 Å². The molecule has 2 N–H and O–H groups in total. The Balaban J connectivity index is 1.28. The second-order valence-electron chi connectivity index (χ2n) is 8.07. The molecule has 0 aliphatic carbocycles. The quantitative estimate of drug-likeness (QED) is 0.248. The number of methoxy groups -OCH3 is 1. The molecule has 0 saturated carbocycles. The fourth-order valence-corrected chi connectivity index (χ4v) is 3.78. The maximum absolute atomic E-state index is 11.6. The minimum absolute atomic E-state index is 0.0379. The predicted molar refractivity (Wildman–Crippen MR) is 136 cm³/mol. The van der Waals surface area contributed by atoms with Crippen LogP contribution in [0.3, 0.4) is 0 Å². The number of hydrogen-bond donors (Lipinski definition) is 2. The van der Waals surface area contributed by atoms with E-state index in [1.165, 1.54) is 14.0 Å². The Bertz CT molecular complexity index is 1290. The van der Waals surface area contributed by atoms with Crippen molar-refractivity contribution in [3.63, 3.8) is 0 Å². The first kappa shape index (κ1) is 23.9. The Labute approximate surface area is 204 Å². The van der Waals surface area contributed by atoms with Gasteiger partial charge in [-0.15, -0.1) is 0 Å². The zero-order valence-electron chi connectivity index (χ0n) is 19.8. The molecule has 1 aromatic heterocycles. The van der Waals surface area contributed by atoms with Crippen molar-refractivity contribution in [2.75, 3.05) is 32.1 Å². The van der Waals surface area contributed by atoms with Gasteiger partial charge in [-0.1, -0.05) is 24.3 Å². The van der Waals surface area contributed by atoms with E-state index in [0.717, 1.165) is 39.1 Å². The van der Waals surface area contributed by atoms with Gasteiger partial charge in [-0.05, 0) is 60.0 Å². The third-order valence-corrected chi connectivity index (χ3v) is 5.62. The van der Waals surface area contributed by atoms with Gasteiger partial charge < -0.3 is 24.5 Å². The van der Waals surface area contributed by atoms with Crippen molar-refractivity contribution < 1.29 is 23.5 Å². The van der Waals surface area contributed by atoms with Crippen molar-refractivity contribution in [3.05, 3.63) is 84.1 Å². The van der Waals surface area contributed by atoms with Crippen molar-refractivity contribution in [2.45, 2.75) is 13.3 Å². The third-order valence-electron chi connectivity index (χ3n) is 5.62. The van der Waals surface area contributed by atoms with E-state index < -0.39 is 0 Å². The third kappa shape index (κ3) is 6.20. The van der Waals surface area contributed by atoms with Gasteiger partial charge in [0.1, 0.15) is 17.9 Å². The molecule has 0 unspecified atom stereocenters. The molecule has 7 nitrogen and oxygen atoms in total. The summed E-state index contributed by atoms with van der Waals surface area (Å²) < 4.78 is 16.2. The average molecular weight is 473 g/mol. The Morgan fingerprint density at radius 2 is 1.63 bits per heavy atom. The standard InChI is InChI=1S/C28H28N2O5/c1-19(31)29-14-13-23-18-35-27-12-9-24(17-26(23)27)30-15-16-34-25-10-7-21(8-11-25)20-3-5-22(6-4-20)28(32)33-2/h3-12,17-18,30H,13-16H2,1-2H3,(H,29,31). The molecule has 4 rings (SSSR count). The highest BCUT2D eigenvalue weighted by Gasteiger charge is 2.08. The number of ether oxygens (including phenoxy) is 2. The normalized spacial score (nSPS) is 10.7. The van der Waals surface area contributed by atoms with Gasteiger partial charge in [0.25, 0.3) is 0 Å². The molecule has 0 atom stereocenters. The maximum atomic E-state index is 11.6. The molecule has 0 saturated heterocycles. The summed E-state index contributed by atoms with van der Waals surface area (Å²) in [5.74, 6) is 0.400. The first-order valence-corrected chi connectivity index (χ1v) is 11.4. The smallest absolute Gasteiger partial charge is 0.337 e. The van der Waals surface area contributed by atoms with Crippen molar-refractivity contribution in [1.82, 2.24) is 5.32 Å². The monoisotopic (exact) mass is 472 g/mol. The van der Waals surface area contributed by atoms with Crippen molar-refractivity contribution in [3.8, 4) is 16.9 Å². The number of benzene rings is 3. The zero-order valence-corrected chi connectivity index (χ0v) is 19.8. The number of carbonyl (C=O) groups excluding carboxylic acids is 2. The van der Waals surface area contributed by atoms with Crippen LogP contribution in [0, 0.1) is 0 Å². The van der Waals surface area contributed by atoms with Gasteiger partial charge in [0.05, 0.1) is 18.9 Å². The van der Waals surface area contributed by atoms with Gasteiger partial charge in [0.15, 0.2) is 0 Å². The van der Waals surface area contributed by atoms with Crippen LogP contribution in [0.1, 0.15) is 22.8 Å². The number of carbonyl (C=O) groups is 2. The fraction of sp³-hybridized carbons (Fsp3) is 0.214. The second-order valence-corrected chi connectivity index (χ2v) is 8.07. The van der Waals surface area contributed by atoms with E-state index in [-0.39, 0.29) is 11.9 Å². The molecule has 0 aliphatic rings. The minimum Gasteiger partial charge on any atom is -0.492 e. The average Bonchev–Trinajstić information content (AvgIpc) is 3.28. The highest BCUT2D eigenvalue weighted by molar-refractivity contribution is 5.90. The SMILES string of the molecule is COC(=O)c1ccc(-c2ccc(OCCNc3ccc4occ(CCNC(C)=O)c4c3)cc2)cc1. The van der Waals surface area contributed by atoms with Gasteiger partial charge in [0, 0.05) is 36.7 Å². The Hall–Kier alpha value is -4.26. The van der Waals surface area contributed by atoms with Gasteiger partial charge in [-0.25, -0.2) is 4.79 Å².